The lowest BCUT2D eigenvalue weighted by Crippen LogP contribution is -2.07. The largest absolute Gasteiger partial charge is 0.380 e. The molecule has 108 valence electrons. The van der Waals surface area contributed by atoms with Gasteiger partial charge < -0.3 is 9.30 Å². The normalized spacial score (nSPS) is 11.1. The van der Waals surface area contributed by atoms with Crippen LogP contribution < -0.4 is 0 Å². The molecule has 0 N–H and O–H groups in total. The Labute approximate surface area is 129 Å². The minimum Gasteiger partial charge on any atom is -0.380 e. The van der Waals surface area contributed by atoms with Crippen molar-refractivity contribution in [3.8, 4) is 11.4 Å². The standard InChI is InChI=1S/C17H17ClN2O/c1-2-21-11-10-20-16-12-14(18)8-9-15(16)19-17(20)13-6-4-3-5-7-13/h3-9,12H,2,10-11H2,1H3. The first kappa shape index (κ1) is 14.1. The molecule has 4 heteroatoms. The molecule has 0 amide bonds. The van der Waals surface area contributed by atoms with E-state index in [-0.39, 0.29) is 0 Å². The number of nitrogens with zero attached hydrogens (tertiary/aromatic N) is 2. The van der Waals surface area contributed by atoms with Gasteiger partial charge in [0.05, 0.1) is 17.6 Å². The van der Waals surface area contributed by atoms with Crippen molar-refractivity contribution in [2.24, 2.45) is 0 Å². The fraction of sp³-hybridized carbons (Fsp3) is 0.235. The summed E-state index contributed by atoms with van der Waals surface area (Å²) in [5.74, 6) is 0.951. The summed E-state index contributed by atoms with van der Waals surface area (Å²) < 4.78 is 7.67. The van der Waals surface area contributed by atoms with E-state index in [2.05, 4.69) is 16.7 Å². The molecule has 3 nitrogen and oxygen atoms in total. The molecule has 0 fully saturated rings. The molecule has 21 heavy (non-hydrogen) atoms. The summed E-state index contributed by atoms with van der Waals surface area (Å²) in [5.41, 5.74) is 3.09. The smallest absolute Gasteiger partial charge is 0.141 e. The minimum atomic E-state index is 0.661. The summed E-state index contributed by atoms with van der Waals surface area (Å²) in [6.45, 7) is 4.14. The van der Waals surface area contributed by atoms with E-state index in [4.69, 9.17) is 21.3 Å². The van der Waals surface area contributed by atoms with E-state index in [1.807, 2.05) is 43.3 Å². The van der Waals surface area contributed by atoms with E-state index in [9.17, 15) is 0 Å². The number of ether oxygens (including phenoxy) is 1. The van der Waals surface area contributed by atoms with Crippen LogP contribution in [0, 0.1) is 0 Å². The number of fused-ring (bicyclic) bond motifs is 1. The summed E-state index contributed by atoms with van der Waals surface area (Å²) in [4.78, 5) is 4.75. The Morgan fingerprint density at radius 1 is 1.14 bits per heavy atom. The van der Waals surface area contributed by atoms with Crippen molar-refractivity contribution in [3.05, 3.63) is 53.6 Å². The van der Waals surface area contributed by atoms with Crippen LogP contribution in [-0.2, 0) is 11.3 Å². The van der Waals surface area contributed by atoms with E-state index in [0.29, 0.717) is 13.2 Å². The molecule has 0 spiro atoms. The predicted molar refractivity (Wildman–Crippen MR) is 86.7 cm³/mol. The molecule has 3 rings (SSSR count). The zero-order chi connectivity index (χ0) is 14.7. The lowest BCUT2D eigenvalue weighted by molar-refractivity contribution is 0.140. The lowest BCUT2D eigenvalue weighted by atomic mass is 10.2. The number of imidazole rings is 1. The molecule has 0 saturated heterocycles. The van der Waals surface area contributed by atoms with Crippen LogP contribution in [0.1, 0.15) is 6.92 Å². The molecule has 0 radical (unpaired) electrons. The highest BCUT2D eigenvalue weighted by molar-refractivity contribution is 6.31. The van der Waals surface area contributed by atoms with Gasteiger partial charge in [0, 0.05) is 23.7 Å². The molecule has 2 aromatic carbocycles. The maximum absolute atomic E-state index is 6.13. The van der Waals surface area contributed by atoms with Crippen molar-refractivity contribution in [3.63, 3.8) is 0 Å². The Hall–Kier alpha value is -1.84. The molecule has 3 aromatic rings. The highest BCUT2D eigenvalue weighted by Gasteiger charge is 2.12. The molecule has 0 saturated carbocycles. The average molecular weight is 301 g/mol. The van der Waals surface area contributed by atoms with Gasteiger partial charge in [-0.05, 0) is 25.1 Å². The van der Waals surface area contributed by atoms with Crippen LogP contribution in [0.2, 0.25) is 5.02 Å². The van der Waals surface area contributed by atoms with Gasteiger partial charge in [0.1, 0.15) is 5.82 Å². The predicted octanol–water partition coefficient (Wildman–Crippen LogP) is 4.39. The molecule has 0 aliphatic rings. The SMILES string of the molecule is CCOCCn1c(-c2ccccc2)nc2ccc(Cl)cc21. The maximum atomic E-state index is 6.13. The third-order valence-electron chi connectivity index (χ3n) is 3.41. The monoisotopic (exact) mass is 300 g/mol. The first-order chi connectivity index (χ1) is 10.3. The van der Waals surface area contributed by atoms with Crippen LogP contribution in [-0.4, -0.2) is 22.8 Å². The van der Waals surface area contributed by atoms with Gasteiger partial charge >= 0.3 is 0 Å². The Morgan fingerprint density at radius 3 is 2.71 bits per heavy atom. The number of halogens is 1. The van der Waals surface area contributed by atoms with Gasteiger partial charge in [0.2, 0.25) is 0 Å². The van der Waals surface area contributed by atoms with Gasteiger partial charge in [0.25, 0.3) is 0 Å². The molecular formula is C17H17ClN2O. The van der Waals surface area contributed by atoms with Gasteiger partial charge in [-0.25, -0.2) is 4.98 Å². The van der Waals surface area contributed by atoms with E-state index >= 15 is 0 Å². The summed E-state index contributed by atoms with van der Waals surface area (Å²) in [5, 5.41) is 0.722. The van der Waals surface area contributed by atoms with Gasteiger partial charge in [-0.1, -0.05) is 41.9 Å². The maximum Gasteiger partial charge on any atom is 0.141 e. The van der Waals surface area contributed by atoms with Crippen LogP contribution in [0.25, 0.3) is 22.4 Å². The first-order valence-electron chi connectivity index (χ1n) is 7.08. The zero-order valence-corrected chi connectivity index (χ0v) is 12.7. The van der Waals surface area contributed by atoms with Crippen molar-refractivity contribution in [2.75, 3.05) is 13.2 Å². The fourth-order valence-electron chi connectivity index (χ4n) is 2.43. The molecule has 0 bridgehead atoms. The van der Waals surface area contributed by atoms with Crippen molar-refractivity contribution >= 4 is 22.6 Å². The van der Waals surface area contributed by atoms with Crippen LogP contribution in [0.15, 0.2) is 48.5 Å². The first-order valence-corrected chi connectivity index (χ1v) is 7.46. The number of hydrogen-bond acceptors (Lipinski definition) is 2. The second kappa shape index (κ2) is 6.29. The van der Waals surface area contributed by atoms with Crippen molar-refractivity contribution < 1.29 is 4.74 Å². The van der Waals surface area contributed by atoms with Crippen LogP contribution in [0.3, 0.4) is 0 Å². The van der Waals surface area contributed by atoms with Crippen LogP contribution in [0.4, 0.5) is 0 Å². The molecule has 1 aromatic heterocycles. The number of hydrogen-bond donors (Lipinski definition) is 0. The van der Waals surface area contributed by atoms with Crippen molar-refractivity contribution in [1.82, 2.24) is 9.55 Å². The quantitative estimate of drug-likeness (QED) is 0.653. The zero-order valence-electron chi connectivity index (χ0n) is 11.9. The van der Waals surface area contributed by atoms with Gasteiger partial charge in [0.15, 0.2) is 0 Å². The number of aromatic nitrogens is 2. The third-order valence-corrected chi connectivity index (χ3v) is 3.64. The van der Waals surface area contributed by atoms with E-state index in [1.165, 1.54) is 0 Å². The molecule has 0 aliphatic heterocycles. The number of rotatable bonds is 5. The van der Waals surface area contributed by atoms with Crippen molar-refractivity contribution in [2.45, 2.75) is 13.5 Å². The van der Waals surface area contributed by atoms with Crippen LogP contribution in [0.5, 0.6) is 0 Å². The molecule has 0 atom stereocenters. The van der Waals surface area contributed by atoms with Crippen LogP contribution >= 0.6 is 11.6 Å². The third kappa shape index (κ3) is 2.94. The highest BCUT2D eigenvalue weighted by atomic mass is 35.5. The topological polar surface area (TPSA) is 27.1 Å². The fourth-order valence-corrected chi connectivity index (χ4v) is 2.60. The lowest BCUT2D eigenvalue weighted by Gasteiger charge is -2.09. The molecule has 0 aliphatic carbocycles. The Morgan fingerprint density at radius 2 is 1.95 bits per heavy atom. The number of benzene rings is 2. The summed E-state index contributed by atoms with van der Waals surface area (Å²) in [6, 6.07) is 16.0. The van der Waals surface area contributed by atoms with Gasteiger partial charge in [-0.2, -0.15) is 0 Å². The molecule has 0 unspecified atom stereocenters. The summed E-state index contributed by atoms with van der Waals surface area (Å²) >= 11 is 6.13. The van der Waals surface area contributed by atoms with Gasteiger partial charge in [-0.3, -0.25) is 0 Å². The average Bonchev–Trinajstić information content (AvgIpc) is 2.87. The van der Waals surface area contributed by atoms with Crippen molar-refractivity contribution in [1.29, 1.82) is 0 Å². The van der Waals surface area contributed by atoms with E-state index < -0.39 is 0 Å². The Kier molecular flexibility index (Phi) is 4.23. The molecular weight excluding hydrogens is 284 g/mol. The Balaban J connectivity index is 2.11. The molecule has 1 heterocycles. The summed E-state index contributed by atoms with van der Waals surface area (Å²) in [7, 11) is 0. The van der Waals surface area contributed by atoms with E-state index in [0.717, 1.165) is 34.0 Å². The summed E-state index contributed by atoms with van der Waals surface area (Å²) in [6.07, 6.45) is 0. The Bertz CT molecular complexity index is 737. The second-order valence-electron chi connectivity index (χ2n) is 4.78. The highest BCUT2D eigenvalue weighted by Crippen LogP contribution is 2.26. The van der Waals surface area contributed by atoms with Gasteiger partial charge in [-0.15, -0.1) is 0 Å². The van der Waals surface area contributed by atoms with E-state index in [1.54, 1.807) is 0 Å². The second-order valence-corrected chi connectivity index (χ2v) is 5.22. The minimum absolute atomic E-state index is 0.661.